The van der Waals surface area contributed by atoms with Gasteiger partial charge in [0.2, 0.25) is 11.8 Å². The molecule has 0 aromatic heterocycles. The van der Waals surface area contributed by atoms with Gasteiger partial charge in [0.15, 0.2) is 0 Å². The van der Waals surface area contributed by atoms with E-state index in [9.17, 15) is 9.59 Å². The lowest BCUT2D eigenvalue weighted by molar-refractivity contribution is -0.129. The minimum atomic E-state index is -0.0489. The van der Waals surface area contributed by atoms with Crippen molar-refractivity contribution < 1.29 is 9.59 Å². The average Bonchev–Trinajstić information content (AvgIpc) is 2.46. The summed E-state index contributed by atoms with van der Waals surface area (Å²) >= 11 is 0. The standard InChI is InChI=1S/C15H27N3O2.ClH/c1-11-9-12(7-8-16-11)15(20)17-10-14(19)18-13-5-3-2-4-6-13;/h11-13,16H,2-10H2,1H3,(H,17,20)(H,18,19);1H/t11-,12-;/m0./s1. The van der Waals surface area contributed by atoms with Crippen molar-refractivity contribution in [2.24, 2.45) is 5.92 Å². The summed E-state index contributed by atoms with van der Waals surface area (Å²) in [4.78, 5) is 23.8. The van der Waals surface area contributed by atoms with Gasteiger partial charge in [0.05, 0.1) is 6.54 Å². The van der Waals surface area contributed by atoms with Crippen molar-refractivity contribution in [1.29, 1.82) is 0 Å². The van der Waals surface area contributed by atoms with Crippen LogP contribution in [0.5, 0.6) is 0 Å². The van der Waals surface area contributed by atoms with Crippen molar-refractivity contribution in [2.45, 2.75) is 64.0 Å². The molecule has 122 valence electrons. The summed E-state index contributed by atoms with van der Waals surface area (Å²) in [5.41, 5.74) is 0. The monoisotopic (exact) mass is 317 g/mol. The molecule has 1 aliphatic heterocycles. The van der Waals surface area contributed by atoms with Crippen LogP contribution in [0.1, 0.15) is 51.9 Å². The molecule has 1 aliphatic carbocycles. The molecule has 2 amide bonds. The highest BCUT2D eigenvalue weighted by molar-refractivity contribution is 5.86. The maximum absolute atomic E-state index is 12.0. The number of piperidine rings is 1. The number of hydrogen-bond donors (Lipinski definition) is 3. The van der Waals surface area contributed by atoms with Crippen LogP contribution in [0.25, 0.3) is 0 Å². The van der Waals surface area contributed by atoms with E-state index in [0.717, 1.165) is 32.2 Å². The van der Waals surface area contributed by atoms with Gasteiger partial charge in [-0.3, -0.25) is 9.59 Å². The lowest BCUT2D eigenvalue weighted by atomic mass is 9.92. The van der Waals surface area contributed by atoms with Gasteiger partial charge in [-0.05, 0) is 39.2 Å². The highest BCUT2D eigenvalue weighted by Gasteiger charge is 2.25. The summed E-state index contributed by atoms with van der Waals surface area (Å²) < 4.78 is 0. The summed E-state index contributed by atoms with van der Waals surface area (Å²) in [5, 5.41) is 9.13. The highest BCUT2D eigenvalue weighted by atomic mass is 35.5. The summed E-state index contributed by atoms with van der Waals surface area (Å²) in [6.45, 7) is 3.09. The zero-order valence-electron chi connectivity index (χ0n) is 12.8. The second-order valence-electron chi connectivity index (χ2n) is 6.20. The molecule has 1 saturated heterocycles. The van der Waals surface area contributed by atoms with Gasteiger partial charge in [0.25, 0.3) is 0 Å². The molecule has 21 heavy (non-hydrogen) atoms. The predicted molar refractivity (Wildman–Crippen MR) is 85.5 cm³/mol. The summed E-state index contributed by atoms with van der Waals surface area (Å²) in [5.74, 6) is 0.0260. The maximum atomic E-state index is 12.0. The number of amides is 2. The largest absolute Gasteiger partial charge is 0.352 e. The number of hydrogen-bond acceptors (Lipinski definition) is 3. The number of halogens is 1. The Kier molecular flexibility index (Phi) is 8.04. The third-order valence-electron chi connectivity index (χ3n) is 4.39. The molecule has 2 atom stereocenters. The van der Waals surface area contributed by atoms with Crippen LogP contribution in [0.15, 0.2) is 0 Å². The van der Waals surface area contributed by atoms with Gasteiger partial charge in [-0.2, -0.15) is 0 Å². The molecule has 0 bridgehead atoms. The van der Waals surface area contributed by atoms with E-state index in [1.165, 1.54) is 19.3 Å². The molecule has 2 aliphatic rings. The van der Waals surface area contributed by atoms with E-state index in [4.69, 9.17) is 0 Å². The Hall–Kier alpha value is -0.810. The second kappa shape index (κ2) is 9.26. The van der Waals surface area contributed by atoms with Gasteiger partial charge in [-0.25, -0.2) is 0 Å². The Morgan fingerprint density at radius 1 is 1.14 bits per heavy atom. The number of carbonyl (C=O) groups excluding carboxylic acids is 2. The molecular formula is C15H28ClN3O2. The SMILES string of the molecule is C[C@H]1C[C@@H](C(=O)NCC(=O)NC2CCCCC2)CCN1.Cl. The molecule has 2 fully saturated rings. The Bertz CT molecular complexity index is 346. The van der Waals surface area contributed by atoms with E-state index < -0.39 is 0 Å². The van der Waals surface area contributed by atoms with Crippen molar-refractivity contribution in [3.63, 3.8) is 0 Å². The topological polar surface area (TPSA) is 70.2 Å². The van der Waals surface area contributed by atoms with Crippen molar-refractivity contribution >= 4 is 24.2 Å². The van der Waals surface area contributed by atoms with Crippen LogP contribution in [0.2, 0.25) is 0 Å². The minimum Gasteiger partial charge on any atom is -0.352 e. The molecule has 6 heteroatoms. The highest BCUT2D eigenvalue weighted by Crippen LogP contribution is 2.17. The fourth-order valence-corrected chi connectivity index (χ4v) is 3.21. The Labute approximate surface area is 133 Å². The van der Waals surface area contributed by atoms with Crippen molar-refractivity contribution in [1.82, 2.24) is 16.0 Å². The summed E-state index contributed by atoms with van der Waals surface area (Å²) in [6, 6.07) is 0.697. The smallest absolute Gasteiger partial charge is 0.239 e. The van der Waals surface area contributed by atoms with Crippen LogP contribution in [0.3, 0.4) is 0 Å². The van der Waals surface area contributed by atoms with Gasteiger partial charge in [0, 0.05) is 18.0 Å². The third-order valence-corrected chi connectivity index (χ3v) is 4.39. The molecule has 5 nitrogen and oxygen atoms in total. The first-order valence-corrected chi connectivity index (χ1v) is 7.95. The van der Waals surface area contributed by atoms with E-state index in [1.54, 1.807) is 0 Å². The first kappa shape index (κ1) is 18.2. The van der Waals surface area contributed by atoms with Crippen LogP contribution >= 0.6 is 12.4 Å². The van der Waals surface area contributed by atoms with Gasteiger partial charge >= 0.3 is 0 Å². The van der Waals surface area contributed by atoms with Crippen molar-refractivity contribution in [2.75, 3.05) is 13.1 Å². The molecule has 3 N–H and O–H groups in total. The Morgan fingerprint density at radius 2 is 1.86 bits per heavy atom. The fourth-order valence-electron chi connectivity index (χ4n) is 3.21. The maximum Gasteiger partial charge on any atom is 0.239 e. The summed E-state index contributed by atoms with van der Waals surface area (Å²) in [6.07, 6.45) is 7.54. The number of rotatable bonds is 4. The molecule has 0 aromatic carbocycles. The van der Waals surface area contributed by atoms with E-state index >= 15 is 0 Å². The number of carbonyl (C=O) groups is 2. The molecular weight excluding hydrogens is 290 g/mol. The molecule has 0 spiro atoms. The molecule has 1 heterocycles. The quantitative estimate of drug-likeness (QED) is 0.733. The first-order chi connectivity index (χ1) is 9.65. The van der Waals surface area contributed by atoms with Gasteiger partial charge in [0.1, 0.15) is 0 Å². The van der Waals surface area contributed by atoms with E-state index in [0.29, 0.717) is 12.1 Å². The fraction of sp³-hybridized carbons (Fsp3) is 0.867. The number of nitrogens with one attached hydrogen (secondary N) is 3. The van der Waals surface area contributed by atoms with Crippen LogP contribution < -0.4 is 16.0 Å². The minimum absolute atomic E-state index is 0. The molecule has 0 aromatic rings. The van der Waals surface area contributed by atoms with Gasteiger partial charge in [-0.15, -0.1) is 12.4 Å². The Morgan fingerprint density at radius 3 is 2.52 bits per heavy atom. The molecule has 0 unspecified atom stereocenters. The van der Waals surface area contributed by atoms with E-state index in [2.05, 4.69) is 22.9 Å². The van der Waals surface area contributed by atoms with E-state index in [-0.39, 0.29) is 36.7 Å². The van der Waals surface area contributed by atoms with Crippen molar-refractivity contribution in [3.8, 4) is 0 Å². The Balaban J connectivity index is 0.00000220. The second-order valence-corrected chi connectivity index (χ2v) is 6.20. The zero-order chi connectivity index (χ0) is 14.4. The van der Waals surface area contributed by atoms with Gasteiger partial charge in [-0.1, -0.05) is 19.3 Å². The lowest BCUT2D eigenvalue weighted by Crippen LogP contribution is -2.46. The van der Waals surface area contributed by atoms with Crippen LogP contribution in [0.4, 0.5) is 0 Å². The summed E-state index contributed by atoms with van der Waals surface area (Å²) in [7, 11) is 0. The lowest BCUT2D eigenvalue weighted by Gasteiger charge is -2.27. The van der Waals surface area contributed by atoms with Crippen molar-refractivity contribution in [3.05, 3.63) is 0 Å². The van der Waals surface area contributed by atoms with Crippen LogP contribution in [-0.2, 0) is 9.59 Å². The normalized spacial score (nSPS) is 26.5. The zero-order valence-corrected chi connectivity index (χ0v) is 13.6. The predicted octanol–water partition coefficient (Wildman–Crippen LogP) is 1.36. The van der Waals surface area contributed by atoms with Crippen LogP contribution in [-0.4, -0.2) is 37.0 Å². The molecule has 1 saturated carbocycles. The molecule has 0 radical (unpaired) electrons. The van der Waals surface area contributed by atoms with Crippen LogP contribution in [0, 0.1) is 5.92 Å². The first-order valence-electron chi connectivity index (χ1n) is 7.95. The average molecular weight is 318 g/mol. The third kappa shape index (κ3) is 6.22. The molecule has 2 rings (SSSR count). The van der Waals surface area contributed by atoms with Gasteiger partial charge < -0.3 is 16.0 Å². The van der Waals surface area contributed by atoms with E-state index in [1.807, 2.05) is 0 Å².